The van der Waals surface area contributed by atoms with Crippen LogP contribution in [0, 0.1) is 5.92 Å². The third kappa shape index (κ3) is 6.64. The predicted molar refractivity (Wildman–Crippen MR) is 114 cm³/mol. The highest BCUT2D eigenvalue weighted by molar-refractivity contribution is 5.76. The highest BCUT2D eigenvalue weighted by Crippen LogP contribution is 2.27. The highest BCUT2D eigenvalue weighted by Gasteiger charge is 2.26. The van der Waals surface area contributed by atoms with Crippen LogP contribution in [-0.2, 0) is 11.3 Å². The molecule has 2 fully saturated rings. The monoisotopic (exact) mass is 423 g/mol. The van der Waals surface area contributed by atoms with Gasteiger partial charge in [0, 0.05) is 38.2 Å². The molecule has 0 aliphatic carbocycles. The van der Waals surface area contributed by atoms with Crippen molar-refractivity contribution in [2.75, 3.05) is 40.3 Å². The van der Waals surface area contributed by atoms with Gasteiger partial charge in [-0.1, -0.05) is 18.2 Å². The Kier molecular flexibility index (Phi) is 8.45. The number of piperidine rings is 2. The number of rotatable bonds is 8. The molecule has 2 aliphatic rings. The molecule has 2 saturated heterocycles. The predicted octanol–water partition coefficient (Wildman–Crippen LogP) is 3.83. The van der Waals surface area contributed by atoms with Crippen molar-refractivity contribution in [3.8, 4) is 5.75 Å². The topological polar surface area (TPSA) is 36.0 Å². The molecule has 0 unspecified atom stereocenters. The van der Waals surface area contributed by atoms with E-state index in [0.717, 1.165) is 63.8 Å². The summed E-state index contributed by atoms with van der Waals surface area (Å²) in [6.45, 7) is 1.74. The first-order chi connectivity index (χ1) is 14.4. The number of alkyl halides is 2. The summed E-state index contributed by atoms with van der Waals surface area (Å²) in [4.78, 5) is 19.3. The van der Waals surface area contributed by atoms with Crippen LogP contribution in [0.25, 0.3) is 0 Å². The molecule has 0 saturated carbocycles. The number of carbonyl (C=O) groups excluding carboxylic acids is 1. The van der Waals surface area contributed by atoms with Gasteiger partial charge in [0.2, 0.25) is 5.91 Å². The molecule has 7 heteroatoms. The molecule has 0 radical (unpaired) electrons. The van der Waals surface area contributed by atoms with Crippen LogP contribution in [0.1, 0.15) is 44.1 Å². The van der Waals surface area contributed by atoms with Gasteiger partial charge in [0.25, 0.3) is 0 Å². The minimum Gasteiger partial charge on any atom is -0.434 e. The molecule has 1 amide bonds. The number of amides is 1. The van der Waals surface area contributed by atoms with Gasteiger partial charge in [-0.15, -0.1) is 0 Å². The highest BCUT2D eigenvalue weighted by atomic mass is 19.3. The maximum atomic E-state index is 12.7. The molecule has 1 aromatic rings. The molecule has 0 bridgehead atoms. The van der Waals surface area contributed by atoms with Gasteiger partial charge in [-0.2, -0.15) is 8.78 Å². The van der Waals surface area contributed by atoms with Crippen LogP contribution in [-0.4, -0.2) is 73.5 Å². The summed E-state index contributed by atoms with van der Waals surface area (Å²) < 4.78 is 30.0. The fourth-order valence-electron chi connectivity index (χ4n) is 4.71. The number of halogens is 2. The summed E-state index contributed by atoms with van der Waals surface area (Å²) >= 11 is 0. The molecular formula is C23H35F2N3O2. The number of hydrogen-bond donors (Lipinski definition) is 0. The van der Waals surface area contributed by atoms with E-state index in [-0.39, 0.29) is 11.7 Å². The number of likely N-dealkylation sites (tertiary alicyclic amines) is 2. The summed E-state index contributed by atoms with van der Waals surface area (Å²) in [7, 11) is 4.08. The van der Waals surface area contributed by atoms with Crippen LogP contribution in [0.15, 0.2) is 24.3 Å². The van der Waals surface area contributed by atoms with Crippen molar-refractivity contribution in [1.82, 2.24) is 14.7 Å². The minimum atomic E-state index is -2.81. The molecule has 0 spiro atoms. The van der Waals surface area contributed by atoms with Crippen LogP contribution in [0.2, 0.25) is 0 Å². The first-order valence-corrected chi connectivity index (χ1v) is 11.1. The molecule has 30 heavy (non-hydrogen) atoms. The zero-order valence-electron chi connectivity index (χ0n) is 18.2. The Morgan fingerprint density at radius 2 is 1.93 bits per heavy atom. The van der Waals surface area contributed by atoms with E-state index in [1.165, 1.54) is 0 Å². The Labute approximate surface area is 179 Å². The summed E-state index contributed by atoms with van der Waals surface area (Å²) in [6.07, 6.45) is 5.78. The van der Waals surface area contributed by atoms with E-state index in [2.05, 4.69) is 21.6 Å². The number of carbonyl (C=O) groups is 1. The Balaban J connectivity index is 1.46. The second-order valence-electron chi connectivity index (χ2n) is 8.81. The summed E-state index contributed by atoms with van der Waals surface area (Å²) in [5, 5.41) is 0. The van der Waals surface area contributed by atoms with Crippen molar-refractivity contribution in [3.63, 3.8) is 0 Å². The first-order valence-electron chi connectivity index (χ1n) is 11.1. The molecule has 0 aromatic heterocycles. The van der Waals surface area contributed by atoms with Gasteiger partial charge in [0.1, 0.15) is 5.75 Å². The van der Waals surface area contributed by atoms with Crippen LogP contribution in [0.3, 0.4) is 0 Å². The molecule has 1 aromatic carbocycles. The Morgan fingerprint density at radius 3 is 2.67 bits per heavy atom. The second-order valence-corrected chi connectivity index (χ2v) is 8.81. The number of nitrogens with zero attached hydrogens (tertiary/aromatic N) is 3. The van der Waals surface area contributed by atoms with Crippen LogP contribution in [0.5, 0.6) is 5.75 Å². The van der Waals surface area contributed by atoms with E-state index in [9.17, 15) is 13.6 Å². The largest absolute Gasteiger partial charge is 0.434 e. The Hall–Kier alpha value is -1.73. The van der Waals surface area contributed by atoms with Crippen molar-refractivity contribution >= 4 is 5.91 Å². The van der Waals surface area contributed by atoms with Gasteiger partial charge >= 0.3 is 6.61 Å². The van der Waals surface area contributed by atoms with Gasteiger partial charge in [0.15, 0.2) is 0 Å². The zero-order valence-corrected chi connectivity index (χ0v) is 18.2. The van der Waals surface area contributed by atoms with E-state index < -0.39 is 6.61 Å². The molecule has 2 heterocycles. The standard InChI is InChI=1S/C23H35F2N3O2/c1-26-14-11-20(12-15-26)27(2)22(29)10-9-18-6-5-13-28(16-18)17-19-7-3-4-8-21(19)30-23(24)25/h3-4,7-8,18,20,23H,5-6,9-17H2,1-2H3/t18-/m0/s1. The minimum absolute atomic E-state index is 0.248. The average Bonchev–Trinajstić information content (AvgIpc) is 2.73. The molecule has 1 atom stereocenters. The molecule has 3 rings (SSSR count). The molecule has 168 valence electrons. The van der Waals surface area contributed by atoms with Crippen LogP contribution >= 0.6 is 0 Å². The van der Waals surface area contributed by atoms with Gasteiger partial charge in [0.05, 0.1) is 0 Å². The van der Waals surface area contributed by atoms with E-state index in [1.54, 1.807) is 12.1 Å². The van der Waals surface area contributed by atoms with Crippen molar-refractivity contribution in [2.24, 2.45) is 5.92 Å². The lowest BCUT2D eigenvalue weighted by atomic mass is 9.92. The normalized spacial score (nSPS) is 21.7. The SMILES string of the molecule is CN1CCC(N(C)C(=O)CC[C@@H]2CCCN(Cc3ccccc3OC(F)F)C2)CC1. The van der Waals surface area contributed by atoms with E-state index in [1.807, 2.05) is 24.1 Å². The third-order valence-corrected chi connectivity index (χ3v) is 6.58. The van der Waals surface area contributed by atoms with Gasteiger partial charge in [-0.25, -0.2) is 0 Å². The fraction of sp³-hybridized carbons (Fsp3) is 0.696. The Morgan fingerprint density at radius 1 is 1.20 bits per heavy atom. The van der Waals surface area contributed by atoms with Gasteiger partial charge in [-0.3, -0.25) is 9.69 Å². The summed E-state index contributed by atoms with van der Waals surface area (Å²) in [6, 6.07) is 7.38. The maximum Gasteiger partial charge on any atom is 0.387 e. The molecule has 2 aliphatic heterocycles. The molecule has 0 N–H and O–H groups in total. The lowest BCUT2D eigenvalue weighted by Crippen LogP contribution is -2.44. The second kappa shape index (κ2) is 11.0. The average molecular weight is 424 g/mol. The first kappa shape index (κ1) is 22.9. The van der Waals surface area contributed by atoms with E-state index in [4.69, 9.17) is 0 Å². The van der Waals surface area contributed by atoms with Crippen molar-refractivity contribution < 1.29 is 18.3 Å². The van der Waals surface area contributed by atoms with Crippen molar-refractivity contribution in [1.29, 1.82) is 0 Å². The van der Waals surface area contributed by atoms with Crippen LogP contribution in [0.4, 0.5) is 8.78 Å². The lowest BCUT2D eigenvalue weighted by molar-refractivity contribution is -0.133. The number of benzene rings is 1. The quantitative estimate of drug-likeness (QED) is 0.637. The zero-order chi connectivity index (χ0) is 21.5. The Bertz CT molecular complexity index is 680. The van der Waals surface area contributed by atoms with Gasteiger partial charge in [-0.05, 0) is 70.8 Å². The summed E-state index contributed by atoms with van der Waals surface area (Å²) in [5.74, 6) is 0.971. The van der Waals surface area contributed by atoms with Crippen molar-refractivity contribution in [3.05, 3.63) is 29.8 Å². The number of ether oxygens (including phenoxy) is 1. The molecular weight excluding hydrogens is 388 g/mol. The van der Waals surface area contributed by atoms with Gasteiger partial charge < -0.3 is 14.5 Å². The molecule has 5 nitrogen and oxygen atoms in total. The number of hydrogen-bond acceptors (Lipinski definition) is 4. The number of para-hydroxylation sites is 1. The maximum absolute atomic E-state index is 12.7. The third-order valence-electron chi connectivity index (χ3n) is 6.58. The van der Waals surface area contributed by atoms with Crippen molar-refractivity contribution in [2.45, 2.75) is 57.7 Å². The van der Waals surface area contributed by atoms with Crippen LogP contribution < -0.4 is 4.74 Å². The van der Waals surface area contributed by atoms with E-state index >= 15 is 0 Å². The van der Waals surface area contributed by atoms with E-state index in [0.29, 0.717) is 24.9 Å². The lowest BCUT2D eigenvalue weighted by Gasteiger charge is -2.36. The fourth-order valence-corrected chi connectivity index (χ4v) is 4.71. The smallest absolute Gasteiger partial charge is 0.387 e. The summed E-state index contributed by atoms with van der Waals surface area (Å²) in [5.41, 5.74) is 0.788.